The van der Waals surface area contributed by atoms with Crippen molar-refractivity contribution in [2.24, 2.45) is 5.73 Å². The lowest BCUT2D eigenvalue weighted by atomic mass is 9.66. The fourth-order valence-electron chi connectivity index (χ4n) is 2.36. The van der Waals surface area contributed by atoms with Gasteiger partial charge in [0.05, 0.1) is 0 Å². The van der Waals surface area contributed by atoms with E-state index >= 15 is 0 Å². The smallest absolute Gasteiger partial charge is 0.326 e. The maximum Gasteiger partial charge on any atom is 0.326 e. The Morgan fingerprint density at radius 3 is 2.58 bits per heavy atom. The van der Waals surface area contributed by atoms with Crippen LogP contribution in [0.3, 0.4) is 0 Å². The van der Waals surface area contributed by atoms with Gasteiger partial charge >= 0.3 is 5.97 Å². The van der Waals surface area contributed by atoms with Crippen molar-refractivity contribution >= 4 is 21.9 Å². The molecule has 1 aliphatic carbocycles. The zero-order valence-electron chi connectivity index (χ0n) is 11.6. The van der Waals surface area contributed by atoms with E-state index < -0.39 is 11.1 Å². The number of rotatable bonds is 2. The molecule has 1 aromatic carbocycles. The van der Waals surface area contributed by atoms with E-state index in [1.807, 2.05) is 32.9 Å². The molecule has 1 fully saturated rings. The van der Waals surface area contributed by atoms with Crippen LogP contribution >= 0.6 is 15.9 Å². The first kappa shape index (κ1) is 14.5. The van der Waals surface area contributed by atoms with Gasteiger partial charge in [0.1, 0.15) is 11.1 Å². The van der Waals surface area contributed by atoms with Gasteiger partial charge in [-0.3, -0.25) is 4.79 Å². The molecule has 2 N–H and O–H groups in total. The molecular formula is C15H20BrNO2. The normalized spacial score (nSPS) is 26.7. The Labute approximate surface area is 122 Å². The zero-order valence-corrected chi connectivity index (χ0v) is 13.2. The second-order valence-electron chi connectivity index (χ2n) is 6.32. The third kappa shape index (κ3) is 3.37. The van der Waals surface area contributed by atoms with Gasteiger partial charge in [0, 0.05) is 4.47 Å². The Morgan fingerprint density at radius 2 is 2.05 bits per heavy atom. The monoisotopic (exact) mass is 325 g/mol. The van der Waals surface area contributed by atoms with Crippen LogP contribution in [0.2, 0.25) is 0 Å². The van der Waals surface area contributed by atoms with E-state index in [4.69, 9.17) is 10.5 Å². The second-order valence-corrected chi connectivity index (χ2v) is 7.23. The van der Waals surface area contributed by atoms with Crippen molar-refractivity contribution in [1.29, 1.82) is 0 Å². The third-order valence-corrected chi connectivity index (χ3v) is 3.84. The molecule has 1 saturated carbocycles. The molecule has 19 heavy (non-hydrogen) atoms. The number of halogens is 1. The Balaban J connectivity index is 2.00. The van der Waals surface area contributed by atoms with Crippen LogP contribution in [0.4, 0.5) is 0 Å². The van der Waals surface area contributed by atoms with Crippen LogP contribution in [-0.2, 0) is 9.53 Å². The number of carbonyl (C=O) groups excluding carboxylic acids is 1. The lowest BCUT2D eigenvalue weighted by Gasteiger charge is -2.44. The molecule has 0 bridgehead atoms. The second kappa shape index (κ2) is 4.91. The fourth-order valence-corrected chi connectivity index (χ4v) is 2.78. The molecule has 1 aliphatic rings. The van der Waals surface area contributed by atoms with Crippen molar-refractivity contribution < 1.29 is 9.53 Å². The number of ether oxygens (including phenoxy) is 1. The Morgan fingerprint density at radius 1 is 1.42 bits per heavy atom. The number of carbonyl (C=O) groups is 1. The van der Waals surface area contributed by atoms with Gasteiger partial charge in [-0.2, -0.15) is 0 Å². The van der Waals surface area contributed by atoms with Crippen molar-refractivity contribution in [2.45, 2.75) is 50.7 Å². The molecule has 4 heteroatoms. The molecule has 0 unspecified atom stereocenters. The maximum absolute atomic E-state index is 12.1. The third-order valence-electron chi connectivity index (χ3n) is 3.35. The highest BCUT2D eigenvalue weighted by atomic mass is 79.9. The minimum Gasteiger partial charge on any atom is -0.459 e. The van der Waals surface area contributed by atoms with Crippen molar-refractivity contribution in [2.75, 3.05) is 0 Å². The Hall–Kier alpha value is -0.870. The molecule has 2 rings (SSSR count). The standard InChI is InChI=1S/C15H20BrNO2/c1-14(2,3)19-13(18)15(17)8-11(9-15)10-5-4-6-12(16)7-10/h4-7,11H,8-9,17H2,1-3H3. The van der Waals surface area contributed by atoms with E-state index in [1.165, 1.54) is 5.56 Å². The lowest BCUT2D eigenvalue weighted by molar-refractivity contribution is -0.166. The SMILES string of the molecule is CC(C)(C)OC(=O)C1(N)CC(c2cccc(Br)c2)C1. The average molecular weight is 326 g/mol. The number of hydrogen-bond donors (Lipinski definition) is 1. The van der Waals surface area contributed by atoms with Gasteiger partial charge in [0.15, 0.2) is 0 Å². The maximum atomic E-state index is 12.1. The van der Waals surface area contributed by atoms with Crippen LogP contribution in [0.25, 0.3) is 0 Å². The summed E-state index contributed by atoms with van der Waals surface area (Å²) in [5, 5.41) is 0. The zero-order chi connectivity index (χ0) is 14.3. The molecule has 0 radical (unpaired) electrons. The summed E-state index contributed by atoms with van der Waals surface area (Å²) in [5.74, 6) is 0.0567. The molecule has 0 aromatic heterocycles. The van der Waals surface area contributed by atoms with Gasteiger partial charge in [-0.05, 0) is 57.2 Å². The van der Waals surface area contributed by atoms with Crippen molar-refractivity contribution in [3.8, 4) is 0 Å². The summed E-state index contributed by atoms with van der Waals surface area (Å²) in [4.78, 5) is 12.1. The summed E-state index contributed by atoms with van der Waals surface area (Å²) in [6.07, 6.45) is 1.30. The average Bonchev–Trinajstić information content (AvgIpc) is 2.22. The first-order valence-corrected chi connectivity index (χ1v) is 7.27. The highest BCUT2D eigenvalue weighted by molar-refractivity contribution is 9.10. The van der Waals surface area contributed by atoms with Gasteiger partial charge in [0.2, 0.25) is 0 Å². The predicted octanol–water partition coefficient (Wildman–Crippen LogP) is 3.37. The molecule has 3 nitrogen and oxygen atoms in total. The molecule has 0 saturated heterocycles. The molecule has 0 atom stereocenters. The molecule has 0 spiro atoms. The van der Waals surface area contributed by atoms with Crippen LogP contribution in [0.5, 0.6) is 0 Å². The molecule has 0 heterocycles. The number of hydrogen-bond acceptors (Lipinski definition) is 3. The summed E-state index contributed by atoms with van der Waals surface area (Å²) >= 11 is 3.46. The summed E-state index contributed by atoms with van der Waals surface area (Å²) in [7, 11) is 0. The molecule has 104 valence electrons. The summed E-state index contributed by atoms with van der Waals surface area (Å²) in [6, 6.07) is 8.15. The molecule has 0 amide bonds. The highest BCUT2D eigenvalue weighted by Crippen LogP contribution is 2.44. The predicted molar refractivity (Wildman–Crippen MR) is 78.9 cm³/mol. The van der Waals surface area contributed by atoms with E-state index in [9.17, 15) is 4.79 Å². The van der Waals surface area contributed by atoms with E-state index in [1.54, 1.807) is 0 Å². The largest absolute Gasteiger partial charge is 0.459 e. The van der Waals surface area contributed by atoms with Crippen molar-refractivity contribution in [3.05, 3.63) is 34.3 Å². The summed E-state index contributed by atoms with van der Waals surface area (Å²) < 4.78 is 6.43. The van der Waals surface area contributed by atoms with Gasteiger partial charge in [0.25, 0.3) is 0 Å². The van der Waals surface area contributed by atoms with E-state index in [0.717, 1.165) is 4.47 Å². The van der Waals surface area contributed by atoms with Crippen LogP contribution < -0.4 is 5.73 Å². The Kier molecular flexibility index (Phi) is 3.76. The summed E-state index contributed by atoms with van der Waals surface area (Å²) in [5.41, 5.74) is 6.05. The van der Waals surface area contributed by atoms with E-state index in [0.29, 0.717) is 18.8 Å². The van der Waals surface area contributed by atoms with Crippen LogP contribution in [0, 0.1) is 0 Å². The number of esters is 1. The van der Waals surface area contributed by atoms with Crippen LogP contribution in [0.15, 0.2) is 28.7 Å². The molecule has 0 aliphatic heterocycles. The van der Waals surface area contributed by atoms with Crippen LogP contribution in [-0.4, -0.2) is 17.1 Å². The van der Waals surface area contributed by atoms with Gasteiger partial charge in [-0.25, -0.2) is 0 Å². The minimum atomic E-state index is -0.819. The van der Waals surface area contributed by atoms with Crippen molar-refractivity contribution in [1.82, 2.24) is 0 Å². The minimum absolute atomic E-state index is 0.286. The Bertz CT molecular complexity index is 487. The summed E-state index contributed by atoms with van der Waals surface area (Å²) in [6.45, 7) is 5.58. The molecule has 1 aromatic rings. The van der Waals surface area contributed by atoms with Gasteiger partial charge < -0.3 is 10.5 Å². The topological polar surface area (TPSA) is 52.3 Å². The van der Waals surface area contributed by atoms with Crippen LogP contribution in [0.1, 0.15) is 45.1 Å². The highest BCUT2D eigenvalue weighted by Gasteiger charge is 2.49. The van der Waals surface area contributed by atoms with E-state index in [2.05, 4.69) is 28.1 Å². The molecular weight excluding hydrogens is 306 g/mol. The van der Waals surface area contributed by atoms with E-state index in [-0.39, 0.29) is 5.97 Å². The van der Waals surface area contributed by atoms with Gasteiger partial charge in [-0.15, -0.1) is 0 Å². The first-order valence-electron chi connectivity index (χ1n) is 6.47. The number of benzene rings is 1. The first-order chi connectivity index (χ1) is 8.70. The lowest BCUT2D eigenvalue weighted by Crippen LogP contribution is -2.58. The fraction of sp³-hybridized carbons (Fsp3) is 0.533. The number of nitrogens with two attached hydrogens (primary N) is 1. The van der Waals surface area contributed by atoms with Gasteiger partial charge in [-0.1, -0.05) is 28.1 Å². The quantitative estimate of drug-likeness (QED) is 0.848. The van der Waals surface area contributed by atoms with Crippen molar-refractivity contribution in [3.63, 3.8) is 0 Å².